The van der Waals surface area contributed by atoms with Crippen molar-refractivity contribution in [3.05, 3.63) is 44.9 Å². The minimum atomic E-state index is 0.902. The van der Waals surface area contributed by atoms with Crippen molar-refractivity contribution in [3.63, 3.8) is 0 Å². The molecule has 0 atom stereocenters. The first-order chi connectivity index (χ1) is 10.2. The number of benzene rings is 1. The summed E-state index contributed by atoms with van der Waals surface area (Å²) >= 11 is 1.76. The van der Waals surface area contributed by atoms with Crippen LogP contribution in [0.25, 0.3) is 0 Å². The smallest absolute Gasteiger partial charge is 0.121 e. The lowest BCUT2D eigenvalue weighted by atomic mass is 10.0. The average molecular weight is 303 g/mol. The van der Waals surface area contributed by atoms with Gasteiger partial charge in [-0.05, 0) is 50.9 Å². The molecule has 0 aliphatic rings. The summed E-state index contributed by atoms with van der Waals surface area (Å²) in [5.74, 6) is 0. The first kappa shape index (κ1) is 16.1. The molecule has 0 saturated heterocycles. The van der Waals surface area contributed by atoms with Crippen LogP contribution < -0.4 is 5.32 Å². The van der Waals surface area contributed by atoms with Crippen molar-refractivity contribution in [1.82, 2.24) is 15.5 Å². The number of rotatable bonds is 8. The normalized spacial score (nSPS) is 11.0. The zero-order chi connectivity index (χ0) is 15.1. The van der Waals surface area contributed by atoms with Crippen LogP contribution in [0.5, 0.6) is 0 Å². The van der Waals surface area contributed by atoms with Gasteiger partial charge in [0.15, 0.2) is 0 Å². The predicted octanol–water partition coefficient (Wildman–Crippen LogP) is 3.68. The highest BCUT2D eigenvalue weighted by molar-refractivity contribution is 7.11. The highest BCUT2D eigenvalue weighted by Crippen LogP contribution is 2.19. The van der Waals surface area contributed by atoms with Gasteiger partial charge in [-0.1, -0.05) is 30.7 Å². The molecular formula is C17H25N3S. The summed E-state index contributed by atoms with van der Waals surface area (Å²) in [6.07, 6.45) is 4.26. The molecule has 4 heteroatoms. The predicted molar refractivity (Wildman–Crippen MR) is 90.1 cm³/mol. The van der Waals surface area contributed by atoms with Crippen LogP contribution in [-0.4, -0.2) is 23.3 Å². The van der Waals surface area contributed by atoms with Gasteiger partial charge >= 0.3 is 0 Å². The van der Waals surface area contributed by atoms with Gasteiger partial charge in [0.25, 0.3) is 0 Å². The third kappa shape index (κ3) is 5.21. The maximum atomic E-state index is 4.35. The van der Waals surface area contributed by atoms with Gasteiger partial charge in [0.1, 0.15) is 10.0 Å². The van der Waals surface area contributed by atoms with Gasteiger partial charge < -0.3 is 5.32 Å². The van der Waals surface area contributed by atoms with E-state index >= 15 is 0 Å². The molecule has 2 rings (SSSR count). The van der Waals surface area contributed by atoms with Crippen LogP contribution in [0.15, 0.2) is 18.2 Å². The van der Waals surface area contributed by atoms with Crippen molar-refractivity contribution in [3.8, 4) is 0 Å². The van der Waals surface area contributed by atoms with E-state index < -0.39 is 0 Å². The molecule has 114 valence electrons. The van der Waals surface area contributed by atoms with Crippen LogP contribution in [-0.2, 0) is 12.8 Å². The standard InChI is InChI=1S/C17H25N3S/c1-4-9-18-10-5-6-16-19-20-17(21-16)12-15-11-13(2)7-8-14(15)3/h7-8,11,18H,4-6,9-10,12H2,1-3H3. The maximum Gasteiger partial charge on any atom is 0.121 e. The molecule has 1 N–H and O–H groups in total. The fourth-order valence-corrected chi connectivity index (χ4v) is 3.19. The lowest BCUT2D eigenvalue weighted by molar-refractivity contribution is 0.637. The number of hydrogen-bond acceptors (Lipinski definition) is 4. The quantitative estimate of drug-likeness (QED) is 0.756. The summed E-state index contributed by atoms with van der Waals surface area (Å²) in [6.45, 7) is 8.67. The van der Waals surface area contributed by atoms with Crippen molar-refractivity contribution in [2.24, 2.45) is 0 Å². The van der Waals surface area contributed by atoms with Gasteiger partial charge in [0.2, 0.25) is 0 Å². The second-order valence-corrected chi connectivity index (χ2v) is 6.70. The number of aryl methyl sites for hydroxylation is 3. The van der Waals surface area contributed by atoms with E-state index in [4.69, 9.17) is 0 Å². The maximum absolute atomic E-state index is 4.35. The van der Waals surface area contributed by atoms with Gasteiger partial charge in [-0.3, -0.25) is 0 Å². The molecule has 2 aromatic rings. The number of nitrogens with one attached hydrogen (secondary N) is 1. The molecular weight excluding hydrogens is 278 g/mol. The van der Waals surface area contributed by atoms with E-state index in [2.05, 4.69) is 54.5 Å². The highest BCUT2D eigenvalue weighted by atomic mass is 32.1. The van der Waals surface area contributed by atoms with E-state index in [1.165, 1.54) is 23.1 Å². The molecule has 0 radical (unpaired) electrons. The molecule has 1 heterocycles. The van der Waals surface area contributed by atoms with Gasteiger partial charge in [-0.25, -0.2) is 0 Å². The molecule has 0 unspecified atom stereocenters. The van der Waals surface area contributed by atoms with E-state index in [0.717, 1.165) is 42.4 Å². The Hall–Kier alpha value is -1.26. The average Bonchev–Trinajstić information content (AvgIpc) is 2.90. The van der Waals surface area contributed by atoms with Gasteiger partial charge in [-0.2, -0.15) is 0 Å². The summed E-state index contributed by atoms with van der Waals surface area (Å²) < 4.78 is 0. The summed E-state index contributed by atoms with van der Waals surface area (Å²) in [6, 6.07) is 6.60. The topological polar surface area (TPSA) is 37.8 Å². The Morgan fingerprint density at radius 1 is 1.10 bits per heavy atom. The zero-order valence-corrected chi connectivity index (χ0v) is 14.1. The van der Waals surface area contributed by atoms with E-state index in [1.807, 2.05) is 0 Å². The molecule has 0 spiro atoms. The Morgan fingerprint density at radius 3 is 2.71 bits per heavy atom. The first-order valence-electron chi connectivity index (χ1n) is 7.77. The molecule has 0 fully saturated rings. The lowest BCUT2D eigenvalue weighted by Crippen LogP contribution is -2.16. The molecule has 3 nitrogen and oxygen atoms in total. The lowest BCUT2D eigenvalue weighted by Gasteiger charge is -2.04. The van der Waals surface area contributed by atoms with Crippen molar-refractivity contribution < 1.29 is 0 Å². The highest BCUT2D eigenvalue weighted by Gasteiger charge is 2.07. The molecule has 21 heavy (non-hydrogen) atoms. The van der Waals surface area contributed by atoms with E-state index in [-0.39, 0.29) is 0 Å². The molecule has 0 aliphatic heterocycles. The molecule has 1 aromatic heterocycles. The van der Waals surface area contributed by atoms with Crippen LogP contribution in [0, 0.1) is 13.8 Å². The molecule has 0 bridgehead atoms. The Balaban J connectivity index is 1.86. The monoisotopic (exact) mass is 303 g/mol. The van der Waals surface area contributed by atoms with Gasteiger partial charge in [0.05, 0.1) is 0 Å². The van der Waals surface area contributed by atoms with Crippen molar-refractivity contribution in [2.75, 3.05) is 13.1 Å². The Kier molecular flexibility index (Phi) is 6.33. The molecule has 1 aromatic carbocycles. The van der Waals surface area contributed by atoms with E-state index in [1.54, 1.807) is 11.3 Å². The Morgan fingerprint density at radius 2 is 1.90 bits per heavy atom. The number of hydrogen-bond donors (Lipinski definition) is 1. The number of aromatic nitrogens is 2. The van der Waals surface area contributed by atoms with Crippen LogP contribution in [0.1, 0.15) is 46.5 Å². The Bertz CT molecular complexity index is 563. The van der Waals surface area contributed by atoms with Crippen molar-refractivity contribution >= 4 is 11.3 Å². The largest absolute Gasteiger partial charge is 0.317 e. The second kappa shape index (κ2) is 8.25. The fourth-order valence-electron chi connectivity index (χ4n) is 2.28. The third-order valence-electron chi connectivity index (χ3n) is 3.53. The van der Waals surface area contributed by atoms with Crippen LogP contribution in [0.2, 0.25) is 0 Å². The summed E-state index contributed by atoms with van der Waals surface area (Å²) in [5.41, 5.74) is 4.01. The van der Waals surface area contributed by atoms with Crippen LogP contribution in [0.3, 0.4) is 0 Å². The van der Waals surface area contributed by atoms with Crippen molar-refractivity contribution in [1.29, 1.82) is 0 Å². The van der Waals surface area contributed by atoms with Crippen LogP contribution >= 0.6 is 11.3 Å². The minimum Gasteiger partial charge on any atom is -0.317 e. The summed E-state index contributed by atoms with van der Waals surface area (Å²) in [5, 5.41) is 14.4. The van der Waals surface area contributed by atoms with Gasteiger partial charge in [-0.15, -0.1) is 21.5 Å². The SMILES string of the molecule is CCCNCCCc1nnc(Cc2cc(C)ccc2C)s1. The second-order valence-electron chi connectivity index (χ2n) is 5.55. The third-order valence-corrected chi connectivity index (χ3v) is 4.51. The molecule has 0 saturated carbocycles. The number of nitrogens with zero attached hydrogens (tertiary/aromatic N) is 2. The molecule has 0 aliphatic carbocycles. The first-order valence-corrected chi connectivity index (χ1v) is 8.58. The fraction of sp³-hybridized carbons (Fsp3) is 0.529. The van der Waals surface area contributed by atoms with Crippen molar-refractivity contribution in [2.45, 2.75) is 46.5 Å². The van der Waals surface area contributed by atoms with Crippen LogP contribution in [0.4, 0.5) is 0 Å². The zero-order valence-electron chi connectivity index (χ0n) is 13.3. The molecule has 0 amide bonds. The summed E-state index contributed by atoms with van der Waals surface area (Å²) in [4.78, 5) is 0. The van der Waals surface area contributed by atoms with Gasteiger partial charge in [0, 0.05) is 12.8 Å². The van der Waals surface area contributed by atoms with E-state index in [9.17, 15) is 0 Å². The Labute approximate surface area is 131 Å². The summed E-state index contributed by atoms with van der Waals surface area (Å²) in [7, 11) is 0. The minimum absolute atomic E-state index is 0.902. The van der Waals surface area contributed by atoms with E-state index in [0.29, 0.717) is 0 Å².